The van der Waals surface area contributed by atoms with Crippen LogP contribution in [-0.2, 0) is 0 Å². The van der Waals surface area contributed by atoms with Crippen LogP contribution in [0.5, 0.6) is 0 Å². The third kappa shape index (κ3) is 8.37. The lowest BCUT2D eigenvalue weighted by Gasteiger charge is -2.04. The van der Waals surface area contributed by atoms with Crippen molar-refractivity contribution in [2.75, 3.05) is 0 Å². The molecule has 0 saturated heterocycles. The molecular weight excluding hydrogens is 414 g/mol. The number of aromatic nitrogens is 9. The van der Waals surface area contributed by atoms with Crippen molar-refractivity contribution in [3.05, 3.63) is 34.2 Å². The van der Waals surface area contributed by atoms with Gasteiger partial charge >= 0.3 is 0 Å². The van der Waals surface area contributed by atoms with Gasteiger partial charge in [-0.05, 0) is 35.5 Å². The highest BCUT2D eigenvalue weighted by atomic mass is 15.3. The lowest BCUT2D eigenvalue weighted by Crippen LogP contribution is -1.96. The summed E-state index contributed by atoms with van der Waals surface area (Å²) in [5, 5.41) is 32.6. The molecule has 3 aromatic rings. The number of aromatic amines is 3. The topological polar surface area (TPSA) is 125 Å². The van der Waals surface area contributed by atoms with Crippen LogP contribution in [-0.4, -0.2) is 46.2 Å². The first-order valence-electron chi connectivity index (χ1n) is 12.1. The number of nitrogens with zero attached hydrogens (tertiary/aromatic N) is 6. The van der Waals surface area contributed by atoms with Gasteiger partial charge in [0, 0.05) is 0 Å². The van der Waals surface area contributed by atoms with E-state index in [1.807, 2.05) is 0 Å². The Bertz CT molecular complexity index is 727. The van der Waals surface area contributed by atoms with E-state index in [1.54, 1.807) is 0 Å². The van der Waals surface area contributed by atoms with Crippen molar-refractivity contribution in [2.45, 2.75) is 119 Å². The molecular formula is C24H45N9. The van der Waals surface area contributed by atoms with Crippen molar-refractivity contribution in [3.8, 4) is 0 Å². The third-order valence-electron chi connectivity index (χ3n) is 5.09. The molecule has 9 heteroatoms. The minimum Gasteiger partial charge on any atom is -0.197 e. The standard InChI is InChI=1S/3C8H15N3/c3*1-5(2)7-8(6(3)4)10-11-9-7/h3*5-6H,1-4H3,(H,9,10,11). The number of hydrogen-bond donors (Lipinski definition) is 3. The summed E-state index contributed by atoms with van der Waals surface area (Å²) in [5.41, 5.74) is 6.58. The largest absolute Gasteiger partial charge is 0.197 e. The molecule has 0 unspecified atom stereocenters. The van der Waals surface area contributed by atoms with E-state index in [2.05, 4.69) is 129 Å². The molecule has 3 aromatic heterocycles. The van der Waals surface area contributed by atoms with Crippen molar-refractivity contribution >= 4 is 0 Å². The van der Waals surface area contributed by atoms with Gasteiger partial charge in [0.25, 0.3) is 0 Å². The maximum Gasteiger partial charge on any atom is 0.0884 e. The van der Waals surface area contributed by atoms with Crippen LogP contribution in [0.15, 0.2) is 0 Å². The van der Waals surface area contributed by atoms with Gasteiger partial charge in [0.2, 0.25) is 0 Å². The second kappa shape index (κ2) is 13.2. The van der Waals surface area contributed by atoms with E-state index in [0.717, 1.165) is 34.2 Å². The zero-order valence-corrected chi connectivity index (χ0v) is 22.6. The molecule has 9 nitrogen and oxygen atoms in total. The van der Waals surface area contributed by atoms with E-state index in [-0.39, 0.29) is 0 Å². The molecule has 0 amide bonds. The summed E-state index contributed by atoms with van der Waals surface area (Å²) < 4.78 is 0. The molecule has 0 aliphatic heterocycles. The molecule has 0 aliphatic carbocycles. The van der Waals surface area contributed by atoms with Gasteiger partial charge in [-0.3, -0.25) is 0 Å². The Morgan fingerprint density at radius 1 is 0.303 bits per heavy atom. The predicted molar refractivity (Wildman–Crippen MR) is 134 cm³/mol. The van der Waals surface area contributed by atoms with Crippen LogP contribution in [0.4, 0.5) is 0 Å². The fourth-order valence-corrected chi connectivity index (χ4v) is 3.29. The highest BCUT2D eigenvalue weighted by Gasteiger charge is 2.15. The molecule has 3 rings (SSSR count). The predicted octanol–water partition coefficient (Wildman–Crippen LogP) is 6.15. The van der Waals surface area contributed by atoms with Crippen molar-refractivity contribution in [1.29, 1.82) is 0 Å². The zero-order chi connectivity index (χ0) is 25.3. The smallest absolute Gasteiger partial charge is 0.0884 e. The monoisotopic (exact) mass is 459 g/mol. The van der Waals surface area contributed by atoms with E-state index < -0.39 is 0 Å². The van der Waals surface area contributed by atoms with Crippen LogP contribution in [0.25, 0.3) is 0 Å². The van der Waals surface area contributed by atoms with Crippen molar-refractivity contribution in [1.82, 2.24) is 46.2 Å². The zero-order valence-electron chi connectivity index (χ0n) is 22.6. The van der Waals surface area contributed by atoms with E-state index in [4.69, 9.17) is 0 Å². The van der Waals surface area contributed by atoms with E-state index in [0.29, 0.717) is 35.5 Å². The average molecular weight is 460 g/mol. The summed E-state index contributed by atoms with van der Waals surface area (Å²) in [6, 6.07) is 0. The Balaban J connectivity index is 0.000000247. The lowest BCUT2D eigenvalue weighted by molar-refractivity contribution is 0.759. The quantitative estimate of drug-likeness (QED) is 0.406. The van der Waals surface area contributed by atoms with Crippen molar-refractivity contribution < 1.29 is 0 Å². The SMILES string of the molecule is CC(C)c1n[nH]nc1C(C)C.CC(C)c1n[nH]nc1C(C)C.CC(C)c1n[nH]nc1C(C)C. The molecule has 3 N–H and O–H groups in total. The van der Waals surface area contributed by atoms with Crippen LogP contribution in [0.3, 0.4) is 0 Å². The Morgan fingerprint density at radius 2 is 0.424 bits per heavy atom. The number of nitrogens with one attached hydrogen (secondary N) is 3. The molecule has 186 valence electrons. The molecule has 0 atom stereocenters. The summed E-state index contributed by atoms with van der Waals surface area (Å²) >= 11 is 0. The molecule has 0 fully saturated rings. The van der Waals surface area contributed by atoms with E-state index in [9.17, 15) is 0 Å². The Morgan fingerprint density at radius 3 is 0.515 bits per heavy atom. The maximum atomic E-state index is 4.10. The molecule has 3 heterocycles. The van der Waals surface area contributed by atoms with Crippen molar-refractivity contribution in [2.24, 2.45) is 0 Å². The molecule has 0 bridgehead atoms. The Labute approximate surface area is 199 Å². The lowest BCUT2D eigenvalue weighted by atomic mass is 10.0. The summed E-state index contributed by atoms with van der Waals surface area (Å²) in [5.74, 6) is 2.78. The van der Waals surface area contributed by atoms with E-state index >= 15 is 0 Å². The first kappa shape index (κ1) is 28.5. The fraction of sp³-hybridized carbons (Fsp3) is 0.750. The van der Waals surface area contributed by atoms with Crippen molar-refractivity contribution in [3.63, 3.8) is 0 Å². The van der Waals surface area contributed by atoms with Gasteiger partial charge < -0.3 is 0 Å². The fourth-order valence-electron chi connectivity index (χ4n) is 3.29. The Hall–Kier alpha value is -2.58. The molecule has 33 heavy (non-hydrogen) atoms. The second-order valence-corrected chi connectivity index (χ2v) is 10.2. The molecule has 0 aromatic carbocycles. The molecule has 0 saturated carbocycles. The van der Waals surface area contributed by atoms with Crippen LogP contribution in [0.1, 0.15) is 153 Å². The van der Waals surface area contributed by atoms with Gasteiger partial charge in [-0.15, -0.1) is 0 Å². The third-order valence-corrected chi connectivity index (χ3v) is 5.09. The van der Waals surface area contributed by atoms with Gasteiger partial charge in [0.05, 0.1) is 34.2 Å². The highest BCUT2D eigenvalue weighted by molar-refractivity contribution is 5.17. The molecule has 0 aliphatic rings. The number of hydrogen-bond acceptors (Lipinski definition) is 6. The van der Waals surface area contributed by atoms with Gasteiger partial charge in [-0.2, -0.15) is 46.2 Å². The van der Waals surface area contributed by atoms with E-state index in [1.165, 1.54) is 0 Å². The van der Waals surface area contributed by atoms with Crippen LogP contribution in [0, 0.1) is 0 Å². The minimum atomic E-state index is 0.464. The normalized spacial score (nSPS) is 11.5. The molecule has 0 radical (unpaired) electrons. The molecule has 0 spiro atoms. The summed E-state index contributed by atoms with van der Waals surface area (Å²) in [6.07, 6.45) is 0. The highest BCUT2D eigenvalue weighted by Crippen LogP contribution is 2.22. The van der Waals surface area contributed by atoms with Gasteiger partial charge in [0.15, 0.2) is 0 Å². The summed E-state index contributed by atoms with van der Waals surface area (Å²) in [4.78, 5) is 0. The number of H-pyrrole nitrogens is 3. The van der Waals surface area contributed by atoms with Crippen LogP contribution < -0.4 is 0 Å². The first-order chi connectivity index (χ1) is 15.4. The first-order valence-corrected chi connectivity index (χ1v) is 12.1. The van der Waals surface area contributed by atoms with Gasteiger partial charge in [-0.25, -0.2) is 0 Å². The maximum absolute atomic E-state index is 4.10. The summed E-state index contributed by atoms with van der Waals surface area (Å²) in [6.45, 7) is 25.5. The van der Waals surface area contributed by atoms with Crippen LogP contribution in [0.2, 0.25) is 0 Å². The van der Waals surface area contributed by atoms with Crippen LogP contribution >= 0.6 is 0 Å². The Kier molecular flexibility index (Phi) is 11.4. The van der Waals surface area contributed by atoms with Gasteiger partial charge in [0.1, 0.15) is 0 Å². The summed E-state index contributed by atoms with van der Waals surface area (Å²) in [7, 11) is 0. The average Bonchev–Trinajstić information content (AvgIpc) is 3.48. The number of rotatable bonds is 6. The second-order valence-electron chi connectivity index (χ2n) is 10.2. The minimum absolute atomic E-state index is 0.464. The van der Waals surface area contributed by atoms with Gasteiger partial charge in [-0.1, -0.05) is 83.1 Å².